The molecule has 4 rings (SSSR count). The molecular weight excluding hydrogens is 421 g/mol. The van der Waals surface area contributed by atoms with Gasteiger partial charge in [0.1, 0.15) is 11.5 Å². The van der Waals surface area contributed by atoms with Crippen LogP contribution in [0.4, 0.5) is 14.9 Å². The first-order valence-corrected chi connectivity index (χ1v) is 10.8. The molecule has 33 heavy (non-hydrogen) atoms. The molecule has 0 unspecified atom stereocenters. The third kappa shape index (κ3) is 4.45. The van der Waals surface area contributed by atoms with E-state index in [0.717, 1.165) is 15.8 Å². The van der Waals surface area contributed by atoms with Gasteiger partial charge in [0, 0.05) is 12.2 Å². The van der Waals surface area contributed by atoms with Gasteiger partial charge in [-0.1, -0.05) is 54.6 Å². The van der Waals surface area contributed by atoms with Crippen LogP contribution in [0.5, 0.6) is 0 Å². The van der Waals surface area contributed by atoms with E-state index in [4.69, 9.17) is 0 Å². The molecule has 0 saturated carbocycles. The van der Waals surface area contributed by atoms with Crippen molar-refractivity contribution in [3.8, 4) is 5.69 Å². The minimum atomic E-state index is -0.823. The average molecular weight is 445 g/mol. The second kappa shape index (κ2) is 9.60. The lowest BCUT2D eigenvalue weighted by atomic mass is 9.99. The van der Waals surface area contributed by atoms with Crippen LogP contribution < -0.4 is 10.6 Å². The van der Waals surface area contributed by atoms with Crippen molar-refractivity contribution in [1.29, 1.82) is 0 Å². The Hall–Kier alpha value is -4.07. The minimum absolute atomic E-state index is 0.0119. The van der Waals surface area contributed by atoms with Crippen molar-refractivity contribution >= 4 is 11.7 Å². The molecule has 0 N–H and O–H groups in total. The maximum atomic E-state index is 14.9. The maximum Gasteiger partial charge on any atom is 0.377 e. The van der Waals surface area contributed by atoms with Crippen molar-refractivity contribution in [2.75, 3.05) is 11.4 Å². The summed E-state index contributed by atoms with van der Waals surface area (Å²) in [5.41, 5.74) is 2.70. The lowest BCUT2D eigenvalue weighted by molar-refractivity contribution is 0.244. The van der Waals surface area contributed by atoms with E-state index in [-0.39, 0.29) is 5.69 Å². The molecule has 3 aromatic carbocycles. The number of hydrogen-bond donors (Lipinski definition) is 0. The first kappa shape index (κ1) is 22.1. The Morgan fingerprint density at radius 2 is 1.58 bits per heavy atom. The fraction of sp³-hybridized carbons (Fsp3) is 0.200. The Bertz CT molecular complexity index is 1330. The van der Waals surface area contributed by atoms with E-state index in [1.54, 1.807) is 43.3 Å². The van der Waals surface area contributed by atoms with Crippen molar-refractivity contribution < 1.29 is 9.18 Å². The summed E-state index contributed by atoms with van der Waals surface area (Å²) in [4.78, 5) is 27.5. The van der Waals surface area contributed by atoms with Gasteiger partial charge in [-0.15, -0.1) is 4.68 Å². The number of carbonyl (C=O) groups excluding carboxylic acids is 1. The number of tetrazole rings is 1. The Labute approximate surface area is 190 Å². The molecule has 0 aliphatic rings. The van der Waals surface area contributed by atoms with Crippen LogP contribution in [-0.4, -0.2) is 32.4 Å². The Kier molecular flexibility index (Phi) is 6.44. The van der Waals surface area contributed by atoms with Crippen molar-refractivity contribution in [2.45, 2.75) is 26.7 Å². The van der Waals surface area contributed by atoms with Gasteiger partial charge in [-0.3, -0.25) is 4.90 Å². The fourth-order valence-electron chi connectivity index (χ4n) is 3.82. The van der Waals surface area contributed by atoms with E-state index in [2.05, 4.69) is 10.4 Å². The summed E-state index contributed by atoms with van der Waals surface area (Å²) in [7, 11) is 0. The zero-order valence-corrected chi connectivity index (χ0v) is 18.5. The highest BCUT2D eigenvalue weighted by Crippen LogP contribution is 2.20. The summed E-state index contributed by atoms with van der Waals surface area (Å²) < 4.78 is 16.4. The van der Waals surface area contributed by atoms with E-state index in [9.17, 15) is 14.0 Å². The van der Waals surface area contributed by atoms with E-state index in [1.165, 1.54) is 11.0 Å². The normalized spacial score (nSPS) is 10.9. The quantitative estimate of drug-likeness (QED) is 0.418. The molecule has 0 spiro atoms. The van der Waals surface area contributed by atoms with Crippen molar-refractivity contribution in [1.82, 2.24) is 19.8 Å². The van der Waals surface area contributed by atoms with Gasteiger partial charge in [-0.2, -0.15) is 4.68 Å². The molecule has 0 aliphatic heterocycles. The smallest absolute Gasteiger partial charge is 0.293 e. The molecule has 0 bridgehead atoms. The summed E-state index contributed by atoms with van der Waals surface area (Å²) >= 11 is 0. The third-order valence-corrected chi connectivity index (χ3v) is 5.58. The van der Waals surface area contributed by atoms with Crippen molar-refractivity contribution in [3.05, 3.63) is 106 Å². The van der Waals surface area contributed by atoms with Crippen LogP contribution in [0.2, 0.25) is 0 Å². The molecule has 0 atom stereocenters. The number of anilines is 1. The second-order valence-corrected chi connectivity index (χ2v) is 7.62. The average Bonchev–Trinajstić information content (AvgIpc) is 3.20. The maximum absolute atomic E-state index is 14.9. The van der Waals surface area contributed by atoms with Crippen LogP contribution in [0.3, 0.4) is 0 Å². The number of carbonyl (C=O) groups is 1. The first-order chi connectivity index (χ1) is 16.0. The Balaban J connectivity index is 1.68. The predicted molar refractivity (Wildman–Crippen MR) is 124 cm³/mol. The molecule has 4 aromatic rings. The van der Waals surface area contributed by atoms with Crippen molar-refractivity contribution in [2.24, 2.45) is 0 Å². The Morgan fingerprint density at radius 3 is 2.30 bits per heavy atom. The van der Waals surface area contributed by atoms with Crippen LogP contribution in [0.25, 0.3) is 5.69 Å². The molecule has 1 amide bonds. The zero-order chi connectivity index (χ0) is 23.4. The van der Waals surface area contributed by atoms with E-state index in [1.807, 2.05) is 37.3 Å². The molecule has 1 heterocycles. The number of aromatic nitrogens is 4. The fourth-order valence-corrected chi connectivity index (χ4v) is 3.82. The van der Waals surface area contributed by atoms with Gasteiger partial charge in [-0.05, 0) is 72.0 Å². The minimum Gasteiger partial charge on any atom is -0.293 e. The topological polar surface area (TPSA) is 73.0 Å². The van der Waals surface area contributed by atoms with Gasteiger partial charge >= 0.3 is 11.7 Å². The number of hydrogen-bond acceptors (Lipinski definition) is 4. The summed E-state index contributed by atoms with van der Waals surface area (Å²) in [5, 5.41) is 7.60. The van der Waals surface area contributed by atoms with Crippen LogP contribution >= 0.6 is 0 Å². The lowest BCUT2D eigenvalue weighted by Crippen LogP contribution is -2.41. The van der Waals surface area contributed by atoms with Crippen LogP contribution in [0.15, 0.2) is 77.6 Å². The van der Waals surface area contributed by atoms with Gasteiger partial charge in [0.05, 0.1) is 0 Å². The van der Waals surface area contributed by atoms with Gasteiger partial charge in [-0.25, -0.2) is 14.0 Å². The van der Waals surface area contributed by atoms with Crippen molar-refractivity contribution in [3.63, 3.8) is 0 Å². The number of nitrogens with zero attached hydrogens (tertiary/aromatic N) is 5. The van der Waals surface area contributed by atoms with Crippen LogP contribution in [-0.2, 0) is 12.8 Å². The number of benzene rings is 3. The van der Waals surface area contributed by atoms with Gasteiger partial charge in [0.2, 0.25) is 0 Å². The van der Waals surface area contributed by atoms with E-state index < -0.39 is 17.5 Å². The van der Waals surface area contributed by atoms with Gasteiger partial charge in [0.15, 0.2) is 0 Å². The molecule has 0 aliphatic carbocycles. The number of amides is 1. The van der Waals surface area contributed by atoms with Crippen LogP contribution in [0.1, 0.15) is 23.6 Å². The molecule has 0 fully saturated rings. The molecular formula is C25H24FN5O2. The van der Waals surface area contributed by atoms with Gasteiger partial charge < -0.3 is 0 Å². The third-order valence-electron chi connectivity index (χ3n) is 5.58. The largest absolute Gasteiger partial charge is 0.377 e. The Morgan fingerprint density at radius 1 is 0.909 bits per heavy atom. The summed E-state index contributed by atoms with van der Waals surface area (Å²) in [6.45, 7) is 4.14. The van der Waals surface area contributed by atoms with E-state index in [0.29, 0.717) is 35.3 Å². The molecule has 0 radical (unpaired) electrons. The molecule has 7 nitrogen and oxygen atoms in total. The SMILES string of the molecule is CCN(C(=O)n1nnn(-c2c(F)cccc2CCc2ccccc2C)c1=O)c1ccccc1. The number of aryl methyl sites for hydroxylation is 3. The molecule has 168 valence electrons. The zero-order valence-electron chi connectivity index (χ0n) is 18.5. The second-order valence-electron chi connectivity index (χ2n) is 7.62. The molecule has 0 saturated heterocycles. The molecule has 8 heteroatoms. The summed E-state index contributed by atoms with van der Waals surface area (Å²) in [6.07, 6.45) is 1.17. The number of para-hydroxylation sites is 2. The highest BCUT2D eigenvalue weighted by molar-refractivity contribution is 5.92. The van der Waals surface area contributed by atoms with Crippen LogP contribution in [0, 0.1) is 12.7 Å². The lowest BCUT2D eigenvalue weighted by Gasteiger charge is -2.19. The summed E-state index contributed by atoms with van der Waals surface area (Å²) in [5.74, 6) is -0.603. The van der Waals surface area contributed by atoms with E-state index >= 15 is 0 Å². The van der Waals surface area contributed by atoms with Gasteiger partial charge in [0.25, 0.3) is 0 Å². The summed E-state index contributed by atoms with van der Waals surface area (Å²) in [6, 6.07) is 20.9. The molecule has 1 aromatic heterocycles. The highest BCUT2D eigenvalue weighted by Gasteiger charge is 2.24. The number of halogens is 1. The standard InChI is InChI=1S/C25H24FN5O2/c1-3-29(21-13-5-4-6-14-21)24(32)31-25(33)30(27-28-31)23-20(12-9-15-22(23)26)17-16-19-11-8-7-10-18(19)2/h4-15H,3,16-17H2,1-2H3. The first-order valence-electron chi connectivity index (χ1n) is 10.8. The highest BCUT2D eigenvalue weighted by atomic mass is 19.1. The monoisotopic (exact) mass is 445 g/mol. The number of rotatable bonds is 6. The predicted octanol–water partition coefficient (Wildman–Crippen LogP) is 4.16.